The molecule has 9 nitrogen and oxygen atoms in total. The van der Waals surface area contributed by atoms with Crippen molar-refractivity contribution in [2.24, 2.45) is 0 Å². The maximum atomic E-state index is 13.1. The van der Waals surface area contributed by atoms with E-state index in [2.05, 4.69) is 25.9 Å². The highest BCUT2D eigenvalue weighted by Crippen LogP contribution is 2.27. The number of carbonyl (C=O) groups excluding carboxylic acids is 2. The van der Waals surface area contributed by atoms with Crippen molar-refractivity contribution in [2.45, 2.75) is 24.2 Å². The fourth-order valence-electron chi connectivity index (χ4n) is 2.36. The van der Waals surface area contributed by atoms with Crippen molar-refractivity contribution in [1.82, 2.24) is 25.3 Å². The van der Waals surface area contributed by atoms with Gasteiger partial charge in [-0.05, 0) is 38.1 Å². The smallest absolute Gasteiger partial charge is 0.281 e. The monoisotopic (exact) mass is 450 g/mol. The summed E-state index contributed by atoms with van der Waals surface area (Å²) in [7, 11) is 1.42. The number of aromatic nitrogens is 4. The first-order chi connectivity index (χ1) is 14.4. The van der Waals surface area contributed by atoms with Crippen LogP contribution in [0.25, 0.3) is 5.69 Å². The fraction of sp³-hybridized carbons (Fsp3) is 0.278. The first-order valence-electron chi connectivity index (χ1n) is 8.82. The molecule has 0 fully saturated rings. The van der Waals surface area contributed by atoms with Crippen LogP contribution in [0.5, 0.6) is 5.75 Å². The Morgan fingerprint density at radius 1 is 1.27 bits per heavy atom. The largest absolute Gasteiger partial charge is 0.493 e. The van der Waals surface area contributed by atoms with Gasteiger partial charge in [0.15, 0.2) is 15.8 Å². The number of ether oxygens (including phenoxy) is 1. The quantitative estimate of drug-likeness (QED) is 0.401. The van der Waals surface area contributed by atoms with Crippen LogP contribution in [0.1, 0.15) is 24.3 Å². The molecule has 2 heterocycles. The molecule has 3 aromatic rings. The minimum absolute atomic E-state index is 0.0440. The van der Waals surface area contributed by atoms with E-state index >= 15 is 0 Å². The number of benzene rings is 1. The zero-order valence-electron chi connectivity index (χ0n) is 16.4. The molecule has 0 saturated carbocycles. The Morgan fingerprint density at radius 3 is 2.67 bits per heavy atom. The summed E-state index contributed by atoms with van der Waals surface area (Å²) in [6.07, 6.45) is 1.52. The number of amides is 2. The number of methoxy groups -OCH3 is 1. The zero-order chi connectivity index (χ0) is 21.7. The molecule has 0 bridgehead atoms. The van der Waals surface area contributed by atoms with Gasteiger partial charge in [0.05, 0.1) is 24.7 Å². The van der Waals surface area contributed by atoms with E-state index < -0.39 is 5.91 Å². The average molecular weight is 451 g/mol. The van der Waals surface area contributed by atoms with E-state index in [0.29, 0.717) is 10.0 Å². The summed E-state index contributed by atoms with van der Waals surface area (Å²) in [6, 6.07) is 5.73. The third kappa shape index (κ3) is 5.54. The average Bonchev–Trinajstić information content (AvgIpc) is 3.33. The van der Waals surface area contributed by atoms with E-state index in [4.69, 9.17) is 4.74 Å². The van der Waals surface area contributed by atoms with Gasteiger partial charge in [0.2, 0.25) is 11.0 Å². The molecular weight excluding hydrogens is 431 g/mol. The first kappa shape index (κ1) is 21.7. The Hall–Kier alpha value is -2.99. The molecule has 158 valence electrons. The predicted octanol–water partition coefficient (Wildman–Crippen LogP) is 2.74. The lowest BCUT2D eigenvalue weighted by molar-refractivity contribution is -0.119. The van der Waals surface area contributed by atoms with Gasteiger partial charge in [0, 0.05) is 6.04 Å². The number of carbonyl (C=O) groups is 2. The molecule has 0 atom stereocenters. The molecule has 0 saturated heterocycles. The Bertz CT molecular complexity index is 1030. The molecule has 2 amide bonds. The molecule has 2 N–H and O–H groups in total. The number of halogens is 1. The second-order valence-electron chi connectivity index (χ2n) is 6.31. The van der Waals surface area contributed by atoms with E-state index in [1.807, 2.05) is 13.8 Å². The van der Waals surface area contributed by atoms with Crippen molar-refractivity contribution in [3.05, 3.63) is 42.0 Å². The van der Waals surface area contributed by atoms with E-state index in [1.165, 1.54) is 54.0 Å². The summed E-state index contributed by atoms with van der Waals surface area (Å²) in [4.78, 5) is 24.3. The molecule has 0 spiro atoms. The van der Waals surface area contributed by atoms with E-state index in [-0.39, 0.29) is 40.1 Å². The van der Waals surface area contributed by atoms with Crippen LogP contribution in [0.2, 0.25) is 0 Å². The number of nitrogens with zero attached hydrogens (tertiary/aromatic N) is 4. The van der Waals surface area contributed by atoms with Gasteiger partial charge in [-0.15, -0.1) is 10.2 Å². The summed E-state index contributed by atoms with van der Waals surface area (Å²) >= 11 is 2.38. The van der Waals surface area contributed by atoms with Crippen LogP contribution in [0, 0.1) is 5.82 Å². The number of rotatable bonds is 8. The lowest BCUT2D eigenvalue weighted by atomic mass is 10.3. The van der Waals surface area contributed by atoms with Gasteiger partial charge < -0.3 is 10.1 Å². The molecule has 0 radical (unpaired) electrons. The van der Waals surface area contributed by atoms with Crippen molar-refractivity contribution in [3.63, 3.8) is 0 Å². The van der Waals surface area contributed by atoms with Gasteiger partial charge in [0.1, 0.15) is 5.82 Å². The molecule has 0 aliphatic carbocycles. The minimum Gasteiger partial charge on any atom is -0.493 e. The Morgan fingerprint density at radius 2 is 2.00 bits per heavy atom. The molecular formula is C18H19FN6O3S2. The van der Waals surface area contributed by atoms with E-state index in [1.54, 1.807) is 0 Å². The predicted molar refractivity (Wildman–Crippen MR) is 112 cm³/mol. The van der Waals surface area contributed by atoms with Gasteiger partial charge in [-0.25, -0.2) is 9.07 Å². The second kappa shape index (κ2) is 9.67. The van der Waals surface area contributed by atoms with Crippen LogP contribution in [0.15, 0.2) is 34.8 Å². The maximum Gasteiger partial charge on any atom is 0.281 e. The van der Waals surface area contributed by atoms with Crippen LogP contribution in [-0.2, 0) is 4.79 Å². The van der Waals surface area contributed by atoms with Crippen molar-refractivity contribution in [1.29, 1.82) is 0 Å². The van der Waals surface area contributed by atoms with E-state index in [9.17, 15) is 14.0 Å². The van der Waals surface area contributed by atoms with Crippen LogP contribution in [0.3, 0.4) is 0 Å². The highest BCUT2D eigenvalue weighted by Gasteiger charge is 2.20. The van der Waals surface area contributed by atoms with Crippen LogP contribution in [0.4, 0.5) is 9.52 Å². The van der Waals surface area contributed by atoms with Crippen molar-refractivity contribution < 1.29 is 18.7 Å². The lowest BCUT2D eigenvalue weighted by Gasteiger charge is -2.06. The van der Waals surface area contributed by atoms with Gasteiger partial charge in [-0.1, -0.05) is 23.1 Å². The molecule has 1 aromatic carbocycles. The molecule has 12 heteroatoms. The van der Waals surface area contributed by atoms with Crippen molar-refractivity contribution in [2.75, 3.05) is 18.2 Å². The molecule has 2 aromatic heterocycles. The Kier molecular flexibility index (Phi) is 7.00. The lowest BCUT2D eigenvalue weighted by Crippen LogP contribution is -2.31. The number of hydrogen-bond acceptors (Lipinski definition) is 8. The normalized spacial score (nSPS) is 10.8. The summed E-state index contributed by atoms with van der Waals surface area (Å²) in [6.45, 7) is 3.76. The zero-order valence-corrected chi connectivity index (χ0v) is 18.0. The molecule has 30 heavy (non-hydrogen) atoms. The second-order valence-corrected chi connectivity index (χ2v) is 8.51. The highest BCUT2D eigenvalue weighted by molar-refractivity contribution is 8.01. The van der Waals surface area contributed by atoms with Crippen molar-refractivity contribution in [3.8, 4) is 11.4 Å². The van der Waals surface area contributed by atoms with Gasteiger partial charge in [-0.2, -0.15) is 5.10 Å². The summed E-state index contributed by atoms with van der Waals surface area (Å²) < 4.78 is 20.3. The number of nitrogens with one attached hydrogen (secondary N) is 2. The molecule has 0 unspecified atom stereocenters. The van der Waals surface area contributed by atoms with Gasteiger partial charge in [0.25, 0.3) is 5.91 Å². The van der Waals surface area contributed by atoms with Crippen LogP contribution < -0.4 is 15.4 Å². The summed E-state index contributed by atoms with van der Waals surface area (Å²) in [5.41, 5.74) is 0.616. The standard InChI is InChI=1S/C18H19FN6O3S2/c1-10(2)20-14(26)9-29-18-23-22-17(30-18)21-16(27)15-13(28-3)8-25(24-15)12-6-4-11(19)5-7-12/h4-8,10H,9H2,1-3H3,(H,20,26)(H,21,22,27). The third-order valence-electron chi connectivity index (χ3n) is 3.61. The molecule has 3 rings (SSSR count). The number of anilines is 1. The van der Waals surface area contributed by atoms with Crippen molar-refractivity contribution >= 4 is 40.0 Å². The topological polar surface area (TPSA) is 111 Å². The fourth-order valence-corrected chi connectivity index (χ4v) is 3.91. The SMILES string of the molecule is COc1cn(-c2ccc(F)cc2)nc1C(=O)Nc1nnc(SCC(=O)NC(C)C)s1. The highest BCUT2D eigenvalue weighted by atomic mass is 32.2. The summed E-state index contributed by atoms with van der Waals surface area (Å²) in [5.74, 6) is -0.551. The number of thioether (sulfide) groups is 1. The minimum atomic E-state index is -0.530. The van der Waals surface area contributed by atoms with E-state index in [0.717, 1.165) is 11.3 Å². The Balaban J connectivity index is 1.67. The first-order valence-corrected chi connectivity index (χ1v) is 10.6. The van der Waals surface area contributed by atoms with Gasteiger partial charge >= 0.3 is 0 Å². The van der Waals surface area contributed by atoms with Crippen LogP contribution in [-0.4, -0.2) is 50.7 Å². The molecule has 0 aliphatic heterocycles. The van der Waals surface area contributed by atoms with Gasteiger partial charge in [-0.3, -0.25) is 14.9 Å². The third-order valence-corrected chi connectivity index (χ3v) is 5.58. The number of hydrogen-bond donors (Lipinski definition) is 2. The molecule has 0 aliphatic rings. The van der Waals surface area contributed by atoms with Crippen LogP contribution >= 0.6 is 23.1 Å². The maximum absolute atomic E-state index is 13.1. The summed E-state index contributed by atoms with van der Waals surface area (Å²) in [5, 5.41) is 17.8. The Labute approximate surface area is 180 Å².